The van der Waals surface area contributed by atoms with Gasteiger partial charge in [-0.3, -0.25) is 4.79 Å². The van der Waals surface area contributed by atoms with Crippen molar-refractivity contribution in [2.45, 2.75) is 32.9 Å². The highest BCUT2D eigenvalue weighted by molar-refractivity contribution is 6.31. The molecule has 0 heterocycles. The number of likely N-dealkylation sites (N-methyl/N-ethyl adjacent to an activating group) is 1. The molecule has 0 aliphatic heterocycles. The van der Waals surface area contributed by atoms with Gasteiger partial charge in [0.1, 0.15) is 6.04 Å². The van der Waals surface area contributed by atoms with Gasteiger partial charge in [-0.05, 0) is 38.6 Å². The van der Waals surface area contributed by atoms with E-state index >= 15 is 0 Å². The minimum Gasteiger partial charge on any atom is -0.450 e. The molecule has 0 radical (unpaired) electrons. The van der Waals surface area contributed by atoms with Crippen LogP contribution in [0.4, 0.5) is 4.79 Å². The predicted octanol–water partition coefficient (Wildman–Crippen LogP) is 2.83. The van der Waals surface area contributed by atoms with Gasteiger partial charge in [-0.1, -0.05) is 43.6 Å². The van der Waals surface area contributed by atoms with Gasteiger partial charge in [-0.2, -0.15) is 0 Å². The summed E-state index contributed by atoms with van der Waals surface area (Å²) in [5, 5.41) is 6.17. The third kappa shape index (κ3) is 6.55. The molecule has 0 aromatic heterocycles. The number of nitrogens with one attached hydrogen (secondary N) is 2. The van der Waals surface area contributed by atoms with E-state index in [-0.39, 0.29) is 24.5 Å². The summed E-state index contributed by atoms with van der Waals surface area (Å²) in [6, 6.07) is 6.82. The lowest BCUT2D eigenvalue weighted by atomic mass is 10.0. The van der Waals surface area contributed by atoms with Gasteiger partial charge in [0.15, 0.2) is 0 Å². The van der Waals surface area contributed by atoms with Crippen LogP contribution in [-0.4, -0.2) is 50.2 Å². The Hall–Kier alpha value is -1.79. The van der Waals surface area contributed by atoms with Gasteiger partial charge in [0.05, 0.1) is 12.6 Å². The number of halogens is 1. The van der Waals surface area contributed by atoms with Crippen molar-refractivity contribution in [3.8, 4) is 0 Å². The fourth-order valence-electron chi connectivity index (χ4n) is 2.46. The summed E-state index contributed by atoms with van der Waals surface area (Å²) in [6.45, 7) is 6.09. The van der Waals surface area contributed by atoms with Crippen LogP contribution in [0, 0.1) is 5.92 Å². The molecule has 7 heteroatoms. The first-order valence-corrected chi connectivity index (χ1v) is 8.77. The number of amides is 2. The minimum atomic E-state index is -0.659. The molecule has 1 rings (SSSR count). The zero-order chi connectivity index (χ0) is 19.0. The molecule has 1 aromatic carbocycles. The molecule has 0 aliphatic rings. The predicted molar refractivity (Wildman–Crippen MR) is 99.7 cm³/mol. The number of hydrogen-bond acceptors (Lipinski definition) is 4. The lowest BCUT2D eigenvalue weighted by molar-refractivity contribution is -0.124. The zero-order valence-electron chi connectivity index (χ0n) is 15.5. The van der Waals surface area contributed by atoms with Crippen LogP contribution in [0.5, 0.6) is 0 Å². The average Bonchev–Trinajstić information content (AvgIpc) is 2.54. The highest BCUT2D eigenvalue weighted by atomic mass is 35.5. The minimum absolute atomic E-state index is 0.0671. The number of alkyl carbamates (subject to hydrolysis) is 1. The maximum absolute atomic E-state index is 12.5. The van der Waals surface area contributed by atoms with E-state index in [1.807, 2.05) is 57.1 Å². The van der Waals surface area contributed by atoms with E-state index in [1.165, 1.54) is 0 Å². The van der Waals surface area contributed by atoms with E-state index in [0.717, 1.165) is 5.56 Å². The van der Waals surface area contributed by atoms with E-state index < -0.39 is 12.1 Å². The monoisotopic (exact) mass is 369 g/mol. The van der Waals surface area contributed by atoms with E-state index in [2.05, 4.69) is 10.6 Å². The summed E-state index contributed by atoms with van der Waals surface area (Å²) in [6.07, 6.45) is -0.591. The van der Waals surface area contributed by atoms with E-state index in [9.17, 15) is 9.59 Å². The van der Waals surface area contributed by atoms with Crippen LogP contribution in [-0.2, 0) is 9.53 Å². The summed E-state index contributed by atoms with van der Waals surface area (Å²) in [5.41, 5.74) is 0.939. The average molecular weight is 370 g/mol. The maximum Gasteiger partial charge on any atom is 0.407 e. The number of ether oxygens (including phenoxy) is 1. The lowest BCUT2D eigenvalue weighted by Crippen LogP contribution is -2.51. The SMILES string of the molecule is CCOC(=O)NC(C(=O)NCC(c1ccccc1Cl)N(C)C)C(C)C. The molecular formula is C18H28ClN3O3. The Labute approximate surface area is 154 Å². The van der Waals surface area contributed by atoms with Gasteiger partial charge in [0.25, 0.3) is 0 Å². The van der Waals surface area contributed by atoms with Crippen molar-refractivity contribution in [3.05, 3.63) is 34.9 Å². The molecule has 0 saturated carbocycles. The summed E-state index contributed by atoms with van der Waals surface area (Å²) >= 11 is 6.28. The summed E-state index contributed by atoms with van der Waals surface area (Å²) in [7, 11) is 3.86. The largest absolute Gasteiger partial charge is 0.450 e. The van der Waals surface area contributed by atoms with E-state index in [1.54, 1.807) is 6.92 Å². The Bertz CT molecular complexity index is 578. The molecule has 0 bridgehead atoms. The van der Waals surface area contributed by atoms with Crippen molar-refractivity contribution in [2.24, 2.45) is 5.92 Å². The molecule has 140 valence electrons. The number of benzene rings is 1. The van der Waals surface area contributed by atoms with Gasteiger partial charge in [0.2, 0.25) is 5.91 Å². The smallest absolute Gasteiger partial charge is 0.407 e. The van der Waals surface area contributed by atoms with Crippen molar-refractivity contribution in [1.29, 1.82) is 0 Å². The second kappa shape index (κ2) is 10.3. The number of nitrogens with zero attached hydrogens (tertiary/aromatic N) is 1. The van der Waals surface area contributed by atoms with Crippen molar-refractivity contribution < 1.29 is 14.3 Å². The lowest BCUT2D eigenvalue weighted by Gasteiger charge is -2.28. The van der Waals surface area contributed by atoms with Crippen LogP contribution in [0.1, 0.15) is 32.4 Å². The number of rotatable bonds is 8. The van der Waals surface area contributed by atoms with Gasteiger partial charge in [0, 0.05) is 11.6 Å². The Morgan fingerprint density at radius 3 is 2.40 bits per heavy atom. The molecule has 25 heavy (non-hydrogen) atoms. The van der Waals surface area contributed by atoms with Crippen LogP contribution in [0.25, 0.3) is 0 Å². The molecule has 2 atom stereocenters. The Morgan fingerprint density at radius 1 is 1.24 bits per heavy atom. The molecule has 2 N–H and O–H groups in total. The molecule has 1 aromatic rings. The summed E-state index contributed by atoms with van der Waals surface area (Å²) in [5.74, 6) is -0.315. The van der Waals surface area contributed by atoms with Crippen LogP contribution in [0.15, 0.2) is 24.3 Å². The molecule has 2 unspecified atom stereocenters. The van der Waals surface area contributed by atoms with Crippen LogP contribution < -0.4 is 10.6 Å². The first kappa shape index (κ1) is 21.3. The standard InChI is InChI=1S/C18H28ClN3O3/c1-6-25-18(24)21-16(12(2)3)17(23)20-11-15(22(4)5)13-9-7-8-10-14(13)19/h7-10,12,15-16H,6,11H2,1-5H3,(H,20,23)(H,21,24). The fraction of sp³-hybridized carbons (Fsp3) is 0.556. The zero-order valence-corrected chi connectivity index (χ0v) is 16.3. The molecule has 0 spiro atoms. The first-order chi connectivity index (χ1) is 11.8. The number of carbonyl (C=O) groups is 2. The normalized spacial score (nSPS) is 13.4. The van der Waals surface area contributed by atoms with Crippen molar-refractivity contribution in [3.63, 3.8) is 0 Å². The summed E-state index contributed by atoms with van der Waals surface area (Å²) < 4.78 is 4.87. The van der Waals surface area contributed by atoms with E-state index in [0.29, 0.717) is 11.6 Å². The Balaban J connectivity index is 2.78. The molecule has 0 saturated heterocycles. The van der Waals surface area contributed by atoms with Crippen molar-refractivity contribution in [1.82, 2.24) is 15.5 Å². The second-order valence-corrected chi connectivity index (χ2v) is 6.74. The van der Waals surface area contributed by atoms with Crippen molar-refractivity contribution >= 4 is 23.6 Å². The van der Waals surface area contributed by atoms with E-state index in [4.69, 9.17) is 16.3 Å². The third-order valence-corrected chi connectivity index (χ3v) is 4.20. The van der Waals surface area contributed by atoms with Crippen molar-refractivity contribution in [2.75, 3.05) is 27.2 Å². The molecule has 6 nitrogen and oxygen atoms in total. The van der Waals surface area contributed by atoms with Crippen LogP contribution in [0.2, 0.25) is 5.02 Å². The molecule has 0 aliphatic carbocycles. The fourth-order valence-corrected chi connectivity index (χ4v) is 2.72. The third-order valence-electron chi connectivity index (χ3n) is 3.86. The number of hydrogen-bond donors (Lipinski definition) is 2. The van der Waals surface area contributed by atoms with Gasteiger partial charge < -0.3 is 20.3 Å². The highest BCUT2D eigenvalue weighted by Gasteiger charge is 2.26. The number of carbonyl (C=O) groups excluding carboxylic acids is 2. The topological polar surface area (TPSA) is 70.7 Å². The highest BCUT2D eigenvalue weighted by Crippen LogP contribution is 2.25. The van der Waals surface area contributed by atoms with Gasteiger partial charge in [-0.25, -0.2) is 4.79 Å². The molecule has 0 fully saturated rings. The summed E-state index contributed by atoms with van der Waals surface area (Å²) in [4.78, 5) is 26.2. The van der Waals surface area contributed by atoms with Gasteiger partial charge in [-0.15, -0.1) is 0 Å². The van der Waals surface area contributed by atoms with Gasteiger partial charge >= 0.3 is 6.09 Å². The molecule has 2 amide bonds. The second-order valence-electron chi connectivity index (χ2n) is 6.33. The Kier molecular flexibility index (Phi) is 8.72. The Morgan fingerprint density at radius 2 is 1.88 bits per heavy atom. The molecular weight excluding hydrogens is 342 g/mol. The maximum atomic E-state index is 12.5. The van der Waals surface area contributed by atoms with Crippen LogP contribution in [0.3, 0.4) is 0 Å². The quantitative estimate of drug-likeness (QED) is 0.739. The van der Waals surface area contributed by atoms with Crippen LogP contribution >= 0.6 is 11.6 Å². The first-order valence-electron chi connectivity index (χ1n) is 8.39.